The smallest absolute Gasteiger partial charge is 0.394 e. The van der Waals surface area contributed by atoms with Crippen molar-refractivity contribution >= 4 is 47.5 Å². The van der Waals surface area contributed by atoms with E-state index < -0.39 is 64.0 Å². The minimum Gasteiger partial charge on any atom is -0.480 e. The lowest BCUT2D eigenvalue weighted by Gasteiger charge is -2.25. The number of carbonyl (C=O) groups excluding carboxylic acids is 3. The van der Waals surface area contributed by atoms with Gasteiger partial charge < -0.3 is 36.2 Å². The van der Waals surface area contributed by atoms with Crippen LogP contribution >= 0.6 is 11.8 Å². The van der Waals surface area contributed by atoms with E-state index in [0.29, 0.717) is 5.56 Å². The molecule has 1 saturated heterocycles. The number of rotatable bonds is 11. The molecular weight excluding hydrogens is 522 g/mol. The van der Waals surface area contributed by atoms with E-state index in [4.69, 9.17) is 5.11 Å². The van der Waals surface area contributed by atoms with Gasteiger partial charge in [0.25, 0.3) is 0 Å². The summed E-state index contributed by atoms with van der Waals surface area (Å²) in [6, 6.07) is 3.31. The van der Waals surface area contributed by atoms with Crippen molar-refractivity contribution in [2.24, 2.45) is 0 Å². The van der Waals surface area contributed by atoms with Gasteiger partial charge in [-0.15, -0.1) is 11.8 Å². The summed E-state index contributed by atoms with van der Waals surface area (Å²) in [5, 5.41) is 37.2. The molecule has 14 nitrogen and oxygen atoms in total. The number of hydrogen-bond donors (Lipinski definition) is 7. The number of carbonyl (C=O) groups is 6. The van der Waals surface area contributed by atoms with Crippen LogP contribution in [0.15, 0.2) is 30.3 Å². The first-order valence-electron chi connectivity index (χ1n) is 11.6. The Labute approximate surface area is 222 Å². The molecule has 0 saturated carbocycles. The van der Waals surface area contributed by atoms with E-state index in [-0.39, 0.29) is 19.6 Å². The molecule has 0 spiro atoms. The molecule has 4 atom stereocenters. The van der Waals surface area contributed by atoms with Gasteiger partial charge in [-0.05, 0) is 26.3 Å². The molecule has 1 heterocycles. The molecule has 2 rings (SSSR count). The number of hydrogen-bond acceptors (Lipinski definition) is 8. The topological polar surface area (TPSA) is 214 Å². The van der Waals surface area contributed by atoms with Crippen LogP contribution in [0.5, 0.6) is 0 Å². The molecule has 38 heavy (non-hydrogen) atoms. The Morgan fingerprint density at radius 3 is 2.18 bits per heavy atom. The summed E-state index contributed by atoms with van der Waals surface area (Å²) in [5.74, 6) is -6.16. The zero-order chi connectivity index (χ0) is 28.6. The highest BCUT2D eigenvalue weighted by molar-refractivity contribution is 8.01. The van der Waals surface area contributed by atoms with E-state index in [2.05, 4.69) is 21.3 Å². The fourth-order valence-electron chi connectivity index (χ4n) is 3.80. The van der Waals surface area contributed by atoms with Gasteiger partial charge >= 0.3 is 29.8 Å². The number of carboxylic acids is 3. The Morgan fingerprint density at radius 2 is 1.68 bits per heavy atom. The van der Waals surface area contributed by atoms with Crippen molar-refractivity contribution in [3.63, 3.8) is 0 Å². The highest BCUT2D eigenvalue weighted by Gasteiger charge is 2.49. The van der Waals surface area contributed by atoms with Gasteiger partial charge in [-0.3, -0.25) is 19.7 Å². The van der Waals surface area contributed by atoms with Crippen LogP contribution in [0.3, 0.4) is 0 Å². The highest BCUT2D eigenvalue weighted by Crippen LogP contribution is 2.39. The average Bonchev–Trinajstić information content (AvgIpc) is 3.18. The molecule has 1 fully saturated rings. The summed E-state index contributed by atoms with van der Waals surface area (Å²) in [6.07, 6.45) is 0. The molecule has 1 unspecified atom stereocenters. The van der Waals surface area contributed by atoms with Crippen LogP contribution in [0.4, 0.5) is 4.79 Å². The van der Waals surface area contributed by atoms with Gasteiger partial charge in [-0.25, -0.2) is 14.4 Å². The van der Waals surface area contributed by atoms with Gasteiger partial charge in [0.1, 0.15) is 12.1 Å². The Morgan fingerprint density at radius 1 is 1.05 bits per heavy atom. The fourth-order valence-corrected chi connectivity index (χ4v) is 5.29. The van der Waals surface area contributed by atoms with Crippen LogP contribution in [0.1, 0.15) is 32.4 Å². The first-order chi connectivity index (χ1) is 17.8. The van der Waals surface area contributed by atoms with E-state index in [0.717, 1.165) is 16.7 Å². The number of aliphatic carboxylic acids is 3. The molecule has 1 aliphatic rings. The van der Waals surface area contributed by atoms with Crippen molar-refractivity contribution < 1.29 is 44.1 Å². The maximum absolute atomic E-state index is 13.2. The van der Waals surface area contributed by atoms with Crippen molar-refractivity contribution in [2.75, 3.05) is 19.6 Å². The largest absolute Gasteiger partial charge is 0.480 e. The van der Waals surface area contributed by atoms with Crippen molar-refractivity contribution in [3.8, 4) is 0 Å². The predicted octanol–water partition coefficient (Wildman–Crippen LogP) is -0.576. The van der Waals surface area contributed by atoms with Gasteiger partial charge in [-0.2, -0.15) is 0 Å². The summed E-state index contributed by atoms with van der Waals surface area (Å²) in [7, 11) is 0. The number of nitrogens with zero attached hydrogens (tertiary/aromatic N) is 1. The second-order valence-electron chi connectivity index (χ2n) is 8.84. The second-order valence-corrected chi connectivity index (χ2v) is 10.6. The summed E-state index contributed by atoms with van der Waals surface area (Å²) >= 11 is 1.06. The number of carboxylic acid groups (broad SMARTS) is 3. The average molecular weight is 554 g/mol. The van der Waals surface area contributed by atoms with Gasteiger partial charge in [0.2, 0.25) is 5.91 Å². The molecule has 0 aromatic heterocycles. The summed E-state index contributed by atoms with van der Waals surface area (Å²) in [6.45, 7) is 4.76. The van der Waals surface area contributed by atoms with Gasteiger partial charge in [0.05, 0.1) is 5.37 Å². The molecule has 0 radical (unpaired) electrons. The quantitative estimate of drug-likeness (QED) is 0.172. The van der Waals surface area contributed by atoms with Crippen molar-refractivity contribution in [2.45, 2.75) is 49.0 Å². The molecule has 1 aliphatic heterocycles. The lowest BCUT2D eigenvalue weighted by molar-refractivity contribution is -0.155. The molecule has 1 aromatic rings. The SMILES string of the molecule is CCN(CCNC(=O)N[C@@H](C(=O)NC(C(=O)O)[C@@H]1N[C@@H](C(=O)O)C(C)(C)S1)c1ccccc1)C(=O)C(=O)O. The van der Waals surface area contributed by atoms with Gasteiger partial charge in [0.15, 0.2) is 6.04 Å². The number of benzene rings is 1. The maximum atomic E-state index is 13.2. The normalized spacial score (nSPS) is 19.4. The number of thioether (sulfide) groups is 1. The summed E-state index contributed by atoms with van der Waals surface area (Å²) in [4.78, 5) is 72.9. The third-order valence-electron chi connectivity index (χ3n) is 5.76. The summed E-state index contributed by atoms with van der Waals surface area (Å²) in [5.41, 5.74) is 0.344. The second kappa shape index (κ2) is 13.1. The monoisotopic (exact) mass is 553 g/mol. The van der Waals surface area contributed by atoms with Crippen molar-refractivity contribution in [3.05, 3.63) is 35.9 Å². The van der Waals surface area contributed by atoms with Crippen LogP contribution in [-0.4, -0.2) is 97.8 Å². The fraction of sp³-hybridized carbons (Fsp3) is 0.478. The number of nitrogens with one attached hydrogen (secondary N) is 4. The van der Waals surface area contributed by atoms with E-state index in [1.54, 1.807) is 51.1 Å². The maximum Gasteiger partial charge on any atom is 0.394 e. The minimum atomic E-state index is -1.63. The zero-order valence-corrected chi connectivity index (χ0v) is 21.8. The standard InChI is InChI=1S/C23H31N5O9S/c1-4-28(18(30)21(35)36)11-10-24-22(37)26-13(12-8-6-5-7-9-12)16(29)25-14(19(31)32)17-27-15(20(33)34)23(2,3)38-17/h5-9,13-15,17,27H,4,10-11H2,1-3H3,(H,25,29)(H,31,32)(H,33,34)(H,35,36)(H2,24,26,37)/t13-,14?,15+,17-/m1/s1. The van der Waals surface area contributed by atoms with Gasteiger partial charge in [-0.1, -0.05) is 30.3 Å². The Bertz CT molecular complexity index is 1070. The number of urea groups is 1. The minimum absolute atomic E-state index is 0.0938. The lowest BCUT2D eigenvalue weighted by atomic mass is 10.0. The Hall–Kier alpha value is -3.85. The number of likely N-dealkylation sites (N-methyl/N-ethyl adjacent to an activating group) is 1. The first-order valence-corrected chi connectivity index (χ1v) is 12.5. The highest BCUT2D eigenvalue weighted by atomic mass is 32.2. The van der Waals surface area contributed by atoms with Crippen LogP contribution in [0.25, 0.3) is 0 Å². The zero-order valence-electron chi connectivity index (χ0n) is 21.0. The van der Waals surface area contributed by atoms with E-state index in [1.807, 2.05) is 0 Å². The van der Waals surface area contributed by atoms with Crippen LogP contribution in [0.2, 0.25) is 0 Å². The third-order valence-corrected chi connectivity index (χ3v) is 7.27. The van der Waals surface area contributed by atoms with E-state index in [1.165, 1.54) is 0 Å². The van der Waals surface area contributed by atoms with Crippen LogP contribution in [-0.2, 0) is 24.0 Å². The molecule has 4 amide bonds. The van der Waals surface area contributed by atoms with Crippen LogP contribution < -0.4 is 21.3 Å². The van der Waals surface area contributed by atoms with Crippen LogP contribution in [0, 0.1) is 0 Å². The molecule has 1 aromatic carbocycles. The molecule has 7 N–H and O–H groups in total. The van der Waals surface area contributed by atoms with E-state index in [9.17, 15) is 39.0 Å². The van der Waals surface area contributed by atoms with Crippen molar-refractivity contribution in [1.82, 2.24) is 26.2 Å². The van der Waals surface area contributed by atoms with Gasteiger partial charge in [0, 0.05) is 24.4 Å². The first kappa shape index (κ1) is 30.4. The molecule has 15 heteroatoms. The Kier molecular flexibility index (Phi) is 10.5. The molecular formula is C23H31N5O9S. The molecule has 0 bridgehead atoms. The lowest BCUT2D eigenvalue weighted by Crippen LogP contribution is -2.56. The Balaban J connectivity index is 2.14. The predicted molar refractivity (Wildman–Crippen MR) is 135 cm³/mol. The summed E-state index contributed by atoms with van der Waals surface area (Å²) < 4.78 is -0.861. The number of amides is 4. The molecule has 208 valence electrons. The van der Waals surface area contributed by atoms with E-state index >= 15 is 0 Å². The van der Waals surface area contributed by atoms with Crippen molar-refractivity contribution in [1.29, 1.82) is 0 Å². The third kappa shape index (κ3) is 7.82. The molecule has 0 aliphatic carbocycles.